The minimum atomic E-state index is 0.374. The molecule has 4 aromatic rings. The average Bonchev–Trinajstić information content (AvgIpc) is 3.22. The molecule has 0 unspecified atom stereocenters. The minimum Gasteiger partial charge on any atom is -0.381 e. The third kappa shape index (κ3) is 3.81. The van der Waals surface area contributed by atoms with E-state index < -0.39 is 0 Å². The molecule has 0 bridgehead atoms. The van der Waals surface area contributed by atoms with Crippen molar-refractivity contribution in [1.29, 1.82) is 5.26 Å². The van der Waals surface area contributed by atoms with Gasteiger partial charge >= 0.3 is 0 Å². The maximum absolute atomic E-state index is 9.50. The van der Waals surface area contributed by atoms with Gasteiger partial charge in [-0.2, -0.15) is 10.4 Å². The zero-order chi connectivity index (χ0) is 21.2. The van der Waals surface area contributed by atoms with Crippen molar-refractivity contribution >= 4 is 34.1 Å². The first-order valence-electron chi connectivity index (χ1n) is 9.92. The number of para-hydroxylation sites is 1. The van der Waals surface area contributed by atoms with E-state index >= 15 is 0 Å². The summed E-state index contributed by atoms with van der Waals surface area (Å²) in [6.07, 6.45) is 6.91. The number of nitriles is 1. The fourth-order valence-corrected chi connectivity index (χ4v) is 4.03. The molecule has 0 radical (unpaired) electrons. The van der Waals surface area contributed by atoms with E-state index in [1.54, 1.807) is 41.6 Å². The minimum absolute atomic E-state index is 0.374. The van der Waals surface area contributed by atoms with Crippen molar-refractivity contribution in [3.05, 3.63) is 65.3 Å². The van der Waals surface area contributed by atoms with Crippen LogP contribution in [0.25, 0.3) is 16.6 Å². The van der Waals surface area contributed by atoms with E-state index in [2.05, 4.69) is 31.4 Å². The summed E-state index contributed by atoms with van der Waals surface area (Å²) >= 11 is 6.39. The fourth-order valence-electron chi connectivity index (χ4n) is 3.78. The topological polar surface area (TPSA) is 102 Å². The average molecular weight is 432 g/mol. The molecule has 0 spiro atoms. The summed E-state index contributed by atoms with van der Waals surface area (Å²) in [6.45, 7) is 1.51. The number of aromatic nitrogens is 5. The molecule has 1 aromatic carbocycles. The zero-order valence-corrected chi connectivity index (χ0v) is 17.3. The summed E-state index contributed by atoms with van der Waals surface area (Å²) in [5.41, 5.74) is 2.77. The third-order valence-electron chi connectivity index (χ3n) is 5.36. The first-order valence-corrected chi connectivity index (χ1v) is 10.3. The second kappa shape index (κ2) is 8.30. The molecule has 0 atom stereocenters. The summed E-state index contributed by atoms with van der Waals surface area (Å²) in [5, 5.41) is 18.5. The maximum Gasteiger partial charge on any atom is 0.135 e. The molecular weight excluding hydrogens is 414 g/mol. The summed E-state index contributed by atoms with van der Waals surface area (Å²) in [5.74, 6) is 1.65. The van der Waals surface area contributed by atoms with Gasteiger partial charge in [0.1, 0.15) is 29.7 Å². The molecule has 4 heterocycles. The molecule has 1 fully saturated rings. The summed E-state index contributed by atoms with van der Waals surface area (Å²) in [4.78, 5) is 13.3. The van der Waals surface area contributed by atoms with Gasteiger partial charge < -0.3 is 10.1 Å². The van der Waals surface area contributed by atoms with Crippen LogP contribution in [0.1, 0.15) is 30.0 Å². The number of halogens is 1. The molecule has 31 heavy (non-hydrogen) atoms. The van der Waals surface area contributed by atoms with E-state index in [4.69, 9.17) is 16.3 Å². The number of fused-ring (bicyclic) bond motifs is 1. The zero-order valence-electron chi connectivity index (χ0n) is 16.5. The normalized spacial score (nSPS) is 14.5. The predicted molar refractivity (Wildman–Crippen MR) is 117 cm³/mol. The second-order valence-corrected chi connectivity index (χ2v) is 7.68. The molecule has 8 nitrogen and oxygen atoms in total. The van der Waals surface area contributed by atoms with Crippen LogP contribution in [-0.4, -0.2) is 37.9 Å². The number of hydrogen-bond donors (Lipinski definition) is 1. The monoisotopic (exact) mass is 431 g/mol. The van der Waals surface area contributed by atoms with E-state index in [0.717, 1.165) is 42.7 Å². The van der Waals surface area contributed by atoms with Crippen LogP contribution in [0.15, 0.2) is 49.1 Å². The van der Waals surface area contributed by atoms with Crippen LogP contribution in [0.5, 0.6) is 0 Å². The highest BCUT2D eigenvalue weighted by atomic mass is 35.5. The molecule has 3 aromatic heterocycles. The molecule has 9 heteroatoms. The van der Waals surface area contributed by atoms with Crippen molar-refractivity contribution in [3.8, 4) is 11.8 Å². The quantitative estimate of drug-likeness (QED) is 0.511. The number of anilines is 2. The van der Waals surface area contributed by atoms with Crippen LogP contribution in [-0.2, 0) is 4.74 Å². The van der Waals surface area contributed by atoms with E-state index in [0.29, 0.717) is 33.8 Å². The van der Waals surface area contributed by atoms with E-state index in [9.17, 15) is 5.26 Å². The second-order valence-electron chi connectivity index (χ2n) is 7.27. The number of rotatable bonds is 4. The van der Waals surface area contributed by atoms with Crippen molar-refractivity contribution in [3.63, 3.8) is 0 Å². The molecule has 0 aliphatic carbocycles. The number of nitrogens with one attached hydrogen (secondary N) is 1. The van der Waals surface area contributed by atoms with Gasteiger partial charge in [0.2, 0.25) is 0 Å². The lowest BCUT2D eigenvalue weighted by atomic mass is 9.96. The third-order valence-corrected chi connectivity index (χ3v) is 5.66. The Morgan fingerprint density at radius 1 is 1.10 bits per heavy atom. The highest BCUT2D eigenvalue weighted by Gasteiger charge is 2.18. The Bertz CT molecular complexity index is 1290. The van der Waals surface area contributed by atoms with Gasteiger partial charge in [-0.25, -0.2) is 19.6 Å². The molecular formula is C22H18ClN7O. The van der Waals surface area contributed by atoms with Gasteiger partial charge in [-0.3, -0.25) is 0 Å². The molecule has 1 N–H and O–H groups in total. The Hall–Kier alpha value is -3.54. The lowest BCUT2D eigenvalue weighted by molar-refractivity contribution is 0.0845. The van der Waals surface area contributed by atoms with Crippen molar-refractivity contribution in [2.75, 3.05) is 18.5 Å². The Kier molecular flexibility index (Phi) is 5.20. The fraction of sp³-hybridized carbons (Fsp3) is 0.227. The highest BCUT2D eigenvalue weighted by molar-refractivity contribution is 6.32. The summed E-state index contributed by atoms with van der Waals surface area (Å²) < 4.78 is 7.11. The lowest BCUT2D eigenvalue weighted by Gasteiger charge is -2.21. The molecule has 154 valence electrons. The van der Waals surface area contributed by atoms with Crippen LogP contribution in [0.2, 0.25) is 5.02 Å². The maximum atomic E-state index is 9.50. The first kappa shape index (κ1) is 19.4. The van der Waals surface area contributed by atoms with Crippen molar-refractivity contribution in [1.82, 2.24) is 24.7 Å². The number of hydrogen-bond acceptors (Lipinski definition) is 7. The van der Waals surface area contributed by atoms with Gasteiger partial charge in [0.05, 0.1) is 22.3 Å². The van der Waals surface area contributed by atoms with Crippen LogP contribution >= 0.6 is 11.6 Å². The lowest BCUT2D eigenvalue weighted by Crippen LogP contribution is -2.15. The molecule has 1 aliphatic rings. The van der Waals surface area contributed by atoms with E-state index in [1.807, 2.05) is 12.1 Å². The number of benzene rings is 1. The van der Waals surface area contributed by atoms with Crippen LogP contribution in [0.3, 0.4) is 0 Å². The Morgan fingerprint density at radius 2 is 1.94 bits per heavy atom. The highest BCUT2D eigenvalue weighted by Crippen LogP contribution is 2.29. The Labute approximate surface area is 183 Å². The molecule has 0 saturated carbocycles. The standard InChI is InChI=1S/C22H18ClN7O/c23-17-3-1-2-15(10-24)22(17)30-19-9-21(25-11-16(19)12-28-30)29-20-8-18(26-13-27-20)14-4-6-31-7-5-14/h1-3,8-9,11-14H,4-7H2,(H,25,26,27,29). The summed E-state index contributed by atoms with van der Waals surface area (Å²) in [7, 11) is 0. The van der Waals surface area contributed by atoms with Gasteiger partial charge in [0, 0.05) is 48.5 Å². The predicted octanol–water partition coefficient (Wildman–Crippen LogP) is 4.37. The molecule has 1 aliphatic heterocycles. The molecule has 0 amide bonds. The Morgan fingerprint density at radius 3 is 2.77 bits per heavy atom. The SMILES string of the molecule is N#Cc1cccc(Cl)c1-n1ncc2cnc(Nc3cc(C4CCOCC4)ncn3)cc21. The van der Waals surface area contributed by atoms with Crippen LogP contribution in [0, 0.1) is 11.3 Å². The smallest absolute Gasteiger partial charge is 0.135 e. The number of pyridine rings is 1. The van der Waals surface area contributed by atoms with Gasteiger partial charge in [-0.15, -0.1) is 0 Å². The van der Waals surface area contributed by atoms with Crippen molar-refractivity contribution in [2.45, 2.75) is 18.8 Å². The number of nitrogens with zero attached hydrogens (tertiary/aromatic N) is 6. The van der Waals surface area contributed by atoms with Gasteiger partial charge in [0.25, 0.3) is 0 Å². The van der Waals surface area contributed by atoms with Gasteiger partial charge in [-0.05, 0) is 25.0 Å². The van der Waals surface area contributed by atoms with Crippen LogP contribution < -0.4 is 5.32 Å². The summed E-state index contributed by atoms with van der Waals surface area (Å²) in [6, 6.07) is 11.2. The van der Waals surface area contributed by atoms with E-state index in [1.165, 1.54) is 0 Å². The molecule has 1 saturated heterocycles. The van der Waals surface area contributed by atoms with Gasteiger partial charge in [0.15, 0.2) is 0 Å². The van der Waals surface area contributed by atoms with Crippen molar-refractivity contribution < 1.29 is 4.74 Å². The van der Waals surface area contributed by atoms with Gasteiger partial charge in [-0.1, -0.05) is 17.7 Å². The largest absolute Gasteiger partial charge is 0.381 e. The Balaban J connectivity index is 1.49. The first-order chi connectivity index (χ1) is 15.2. The van der Waals surface area contributed by atoms with Crippen molar-refractivity contribution in [2.24, 2.45) is 0 Å². The molecule has 5 rings (SSSR count). The van der Waals surface area contributed by atoms with Crippen LogP contribution in [0.4, 0.5) is 11.6 Å². The number of ether oxygens (including phenoxy) is 1. The van der Waals surface area contributed by atoms with E-state index in [-0.39, 0.29) is 0 Å².